The molecule has 0 bridgehead atoms. The second-order valence-corrected chi connectivity index (χ2v) is 8.89. The number of Topliss-reactive ketones (excluding diaryl/α,β-unsaturated/α-hetero) is 1. The average Bonchev–Trinajstić information content (AvgIpc) is 2.75. The number of ketones is 1. The Morgan fingerprint density at radius 1 is 1.06 bits per heavy atom. The number of aryl methyl sites for hydroxylation is 2. The molecule has 3 rings (SSSR count). The highest BCUT2D eigenvalue weighted by molar-refractivity contribution is 6.35. The Labute approximate surface area is 209 Å². The van der Waals surface area contributed by atoms with E-state index in [0.29, 0.717) is 33.8 Å². The molecule has 2 nitrogen and oxygen atoms in total. The largest absolute Gasteiger partial charge is 0.399 e. The molecule has 0 saturated carbocycles. The molecule has 0 fully saturated rings. The van der Waals surface area contributed by atoms with Crippen LogP contribution in [0.4, 0.5) is 17.6 Å². The molecule has 1 atom stereocenters. The minimum atomic E-state index is -4.65. The Hall–Kier alpha value is -2.41. The van der Waals surface area contributed by atoms with Gasteiger partial charge in [0.15, 0.2) is 11.6 Å². The summed E-state index contributed by atoms with van der Waals surface area (Å²) in [4.78, 5) is 16.8. The van der Waals surface area contributed by atoms with E-state index < -0.39 is 28.0 Å². The molecule has 2 aromatic carbocycles. The van der Waals surface area contributed by atoms with Gasteiger partial charge in [-0.15, -0.1) is 0 Å². The van der Waals surface area contributed by atoms with Crippen molar-refractivity contribution >= 4 is 46.7 Å². The molecule has 34 heavy (non-hydrogen) atoms. The number of aromatic nitrogens is 1. The van der Waals surface area contributed by atoms with Crippen LogP contribution in [0.2, 0.25) is 15.1 Å². The minimum Gasteiger partial charge on any atom is -0.294 e. The van der Waals surface area contributed by atoms with E-state index in [1.807, 2.05) is 0 Å². The average molecular weight is 531 g/mol. The highest BCUT2D eigenvalue weighted by Crippen LogP contribution is 2.39. The van der Waals surface area contributed by atoms with Gasteiger partial charge in [0.2, 0.25) is 0 Å². The first-order valence-corrected chi connectivity index (χ1v) is 11.2. The molecular formula is C25H18Cl3F4NO. The maximum absolute atomic E-state index is 13.7. The number of nitrogens with zero attached hydrogens (tertiary/aromatic N) is 1. The van der Waals surface area contributed by atoms with E-state index in [9.17, 15) is 22.4 Å². The highest BCUT2D eigenvalue weighted by Gasteiger charge is 2.39. The summed E-state index contributed by atoms with van der Waals surface area (Å²) in [5.74, 6) is -3.13. The van der Waals surface area contributed by atoms with Gasteiger partial charge in [0.05, 0.1) is 16.0 Å². The van der Waals surface area contributed by atoms with Crippen LogP contribution in [0.1, 0.15) is 45.1 Å². The Kier molecular flexibility index (Phi) is 8.39. The molecule has 1 aromatic heterocycles. The van der Waals surface area contributed by atoms with Crippen LogP contribution in [0.15, 0.2) is 54.7 Å². The smallest absolute Gasteiger partial charge is 0.294 e. The van der Waals surface area contributed by atoms with Crippen LogP contribution >= 0.6 is 34.8 Å². The number of carbonyl (C=O) groups excluding carboxylic acids is 1. The quantitative estimate of drug-likeness (QED) is 0.174. The molecule has 0 aliphatic rings. The molecule has 0 N–H and O–H groups in total. The normalized spacial score (nSPS) is 12.8. The molecule has 0 radical (unpaired) electrons. The molecule has 178 valence electrons. The van der Waals surface area contributed by atoms with E-state index >= 15 is 0 Å². The third kappa shape index (κ3) is 6.59. The zero-order valence-electron chi connectivity index (χ0n) is 17.8. The molecule has 1 heterocycles. The van der Waals surface area contributed by atoms with E-state index in [1.54, 1.807) is 43.5 Å². The van der Waals surface area contributed by atoms with Crippen molar-refractivity contribution in [1.82, 2.24) is 4.98 Å². The summed E-state index contributed by atoms with van der Waals surface area (Å²) in [6.45, 7) is 1.71. The predicted octanol–water partition coefficient (Wildman–Crippen LogP) is 8.66. The maximum atomic E-state index is 13.7. The van der Waals surface area contributed by atoms with Gasteiger partial charge >= 0.3 is 6.18 Å². The molecule has 0 amide bonds. The van der Waals surface area contributed by atoms with E-state index in [4.69, 9.17) is 34.8 Å². The van der Waals surface area contributed by atoms with Gasteiger partial charge in [-0.2, -0.15) is 13.2 Å². The van der Waals surface area contributed by atoms with E-state index in [-0.39, 0.29) is 17.8 Å². The summed E-state index contributed by atoms with van der Waals surface area (Å²) in [6, 6.07) is 9.92. The topological polar surface area (TPSA) is 30.0 Å². The number of pyridine rings is 1. The first-order chi connectivity index (χ1) is 16.0. The summed E-state index contributed by atoms with van der Waals surface area (Å²) in [5, 5.41) is -0.444. The number of hydrogen-bond donors (Lipinski definition) is 0. The first kappa shape index (κ1) is 26.2. The standard InChI is InChI=1S/C25H18Cl3F4NO/c1-14-10-15(2-5-19(14)23(34)7-4-18-13-17(26)8-9-33-18)3-6-20(25(30,31)32)16-11-21(27)24(29)22(28)12-16/h2-3,5-6,8-13,20H,4,7H2,1H3/b6-3+. The lowest BCUT2D eigenvalue weighted by atomic mass is 9.95. The number of benzene rings is 2. The van der Waals surface area contributed by atoms with Gasteiger partial charge in [0, 0.05) is 28.9 Å². The lowest BCUT2D eigenvalue weighted by Gasteiger charge is -2.18. The minimum absolute atomic E-state index is 0.112. The summed E-state index contributed by atoms with van der Waals surface area (Å²) in [7, 11) is 0. The molecule has 0 aliphatic carbocycles. The zero-order chi connectivity index (χ0) is 25.0. The molecule has 9 heteroatoms. The third-order valence-electron chi connectivity index (χ3n) is 5.14. The fourth-order valence-electron chi connectivity index (χ4n) is 3.44. The first-order valence-electron chi connectivity index (χ1n) is 10.1. The number of halogens is 7. The van der Waals surface area contributed by atoms with Crippen LogP contribution in [0.25, 0.3) is 6.08 Å². The molecule has 3 aromatic rings. The van der Waals surface area contributed by atoms with E-state index in [1.165, 1.54) is 6.08 Å². The molecule has 0 spiro atoms. The number of alkyl halides is 3. The predicted molar refractivity (Wildman–Crippen MR) is 127 cm³/mol. The Balaban J connectivity index is 1.78. The van der Waals surface area contributed by atoms with Crippen molar-refractivity contribution in [3.8, 4) is 0 Å². The van der Waals surface area contributed by atoms with Crippen molar-refractivity contribution in [2.45, 2.75) is 31.9 Å². The maximum Gasteiger partial charge on any atom is 0.399 e. The van der Waals surface area contributed by atoms with Gasteiger partial charge in [-0.05, 0) is 54.3 Å². The van der Waals surface area contributed by atoms with Crippen LogP contribution in [-0.4, -0.2) is 16.9 Å². The van der Waals surface area contributed by atoms with Gasteiger partial charge in [-0.1, -0.05) is 65.2 Å². The van der Waals surface area contributed by atoms with Gasteiger partial charge in [-0.25, -0.2) is 4.39 Å². The fraction of sp³-hybridized carbons (Fsp3) is 0.200. The Bertz CT molecular complexity index is 1220. The number of carbonyl (C=O) groups is 1. The third-order valence-corrected chi connectivity index (χ3v) is 5.92. The number of allylic oxidation sites excluding steroid dienone is 1. The van der Waals surface area contributed by atoms with E-state index in [2.05, 4.69) is 4.98 Å². The van der Waals surface area contributed by atoms with Crippen molar-refractivity contribution in [3.05, 3.63) is 104 Å². The van der Waals surface area contributed by atoms with Crippen molar-refractivity contribution in [2.24, 2.45) is 0 Å². The van der Waals surface area contributed by atoms with Crippen molar-refractivity contribution in [3.63, 3.8) is 0 Å². The fourth-order valence-corrected chi connectivity index (χ4v) is 4.12. The second-order valence-electron chi connectivity index (χ2n) is 7.64. The monoisotopic (exact) mass is 529 g/mol. The van der Waals surface area contributed by atoms with Gasteiger partial charge in [0.25, 0.3) is 0 Å². The van der Waals surface area contributed by atoms with Gasteiger partial charge < -0.3 is 0 Å². The second kappa shape index (κ2) is 10.9. The molecule has 0 aliphatic heterocycles. The van der Waals surface area contributed by atoms with Crippen molar-refractivity contribution in [1.29, 1.82) is 0 Å². The molecular weight excluding hydrogens is 513 g/mol. The molecule has 0 saturated heterocycles. The van der Waals surface area contributed by atoms with Crippen LogP contribution in [0.3, 0.4) is 0 Å². The summed E-state index contributed by atoms with van der Waals surface area (Å²) >= 11 is 17.3. The van der Waals surface area contributed by atoms with Gasteiger partial charge in [0.1, 0.15) is 0 Å². The van der Waals surface area contributed by atoms with Crippen molar-refractivity contribution < 1.29 is 22.4 Å². The Morgan fingerprint density at radius 2 is 1.74 bits per heavy atom. The lowest BCUT2D eigenvalue weighted by molar-refractivity contribution is -0.139. The van der Waals surface area contributed by atoms with Gasteiger partial charge in [-0.3, -0.25) is 9.78 Å². The zero-order valence-corrected chi connectivity index (χ0v) is 20.0. The van der Waals surface area contributed by atoms with E-state index in [0.717, 1.165) is 18.2 Å². The van der Waals surface area contributed by atoms with Crippen LogP contribution < -0.4 is 0 Å². The van der Waals surface area contributed by atoms with Crippen LogP contribution in [-0.2, 0) is 6.42 Å². The lowest BCUT2D eigenvalue weighted by Crippen LogP contribution is -2.19. The summed E-state index contributed by atoms with van der Waals surface area (Å²) < 4.78 is 54.7. The highest BCUT2D eigenvalue weighted by atomic mass is 35.5. The summed E-state index contributed by atoms with van der Waals surface area (Å²) in [5.41, 5.74) is 1.99. The van der Waals surface area contributed by atoms with Crippen LogP contribution in [0, 0.1) is 12.7 Å². The Morgan fingerprint density at radius 3 is 2.32 bits per heavy atom. The summed E-state index contributed by atoms with van der Waals surface area (Å²) in [6.07, 6.45) is -0.222. The number of hydrogen-bond acceptors (Lipinski definition) is 2. The SMILES string of the molecule is Cc1cc(/C=C/C(c2cc(Cl)c(F)c(Cl)c2)C(F)(F)F)ccc1C(=O)CCc1cc(Cl)ccn1. The van der Waals surface area contributed by atoms with Crippen molar-refractivity contribution in [2.75, 3.05) is 0 Å². The van der Waals surface area contributed by atoms with Crippen LogP contribution in [0.5, 0.6) is 0 Å². The molecule has 1 unspecified atom stereocenters. The number of rotatable bonds is 7.